The van der Waals surface area contributed by atoms with Gasteiger partial charge in [-0.25, -0.2) is 0 Å². The normalized spacial score (nSPS) is 16.1. The molecule has 0 radical (unpaired) electrons. The van der Waals surface area contributed by atoms with Gasteiger partial charge < -0.3 is 15.0 Å². The molecule has 4 nitrogen and oxygen atoms in total. The molecular weight excluding hydrogens is 252 g/mol. The minimum Gasteiger partial charge on any atom is -0.385 e. The minimum absolute atomic E-state index is 0.164. The number of hydrogen-bond donors (Lipinski definition) is 1. The number of carbonyl (C=O) groups excluding carboxylic acids is 1. The summed E-state index contributed by atoms with van der Waals surface area (Å²) in [6, 6.07) is 10.4. The van der Waals surface area contributed by atoms with Gasteiger partial charge in [0.2, 0.25) is 5.91 Å². The van der Waals surface area contributed by atoms with E-state index in [1.54, 1.807) is 7.11 Å². The number of nitrogens with one attached hydrogen (secondary N) is 1. The van der Waals surface area contributed by atoms with Crippen LogP contribution in [0.2, 0.25) is 0 Å². The standard InChI is InChI=1S/C16H24N2O2/c1-20-13-5-10-17-16(19)14-8-11-18(12-9-14)15-6-3-2-4-7-15/h2-4,6-7,14H,5,8-13H2,1H3,(H,17,19). The molecule has 1 N–H and O–H groups in total. The molecule has 1 aromatic carbocycles. The van der Waals surface area contributed by atoms with Crippen LogP contribution in [0.4, 0.5) is 5.69 Å². The van der Waals surface area contributed by atoms with E-state index < -0.39 is 0 Å². The number of methoxy groups -OCH3 is 1. The molecule has 1 aliphatic heterocycles. The highest BCUT2D eigenvalue weighted by atomic mass is 16.5. The zero-order chi connectivity index (χ0) is 14.2. The molecule has 2 rings (SSSR count). The van der Waals surface area contributed by atoms with Crippen LogP contribution in [-0.4, -0.2) is 39.3 Å². The van der Waals surface area contributed by atoms with Gasteiger partial charge >= 0.3 is 0 Å². The Morgan fingerprint density at radius 3 is 2.65 bits per heavy atom. The molecule has 0 bridgehead atoms. The van der Waals surface area contributed by atoms with Crippen molar-refractivity contribution in [2.75, 3.05) is 38.3 Å². The van der Waals surface area contributed by atoms with Gasteiger partial charge in [0.05, 0.1) is 0 Å². The second-order valence-electron chi connectivity index (χ2n) is 5.23. The number of rotatable bonds is 6. The van der Waals surface area contributed by atoms with Crippen molar-refractivity contribution in [1.29, 1.82) is 0 Å². The Bertz CT molecular complexity index is 400. The molecule has 110 valence electrons. The molecule has 20 heavy (non-hydrogen) atoms. The first-order valence-corrected chi connectivity index (χ1v) is 7.38. The molecule has 1 fully saturated rings. The Morgan fingerprint density at radius 2 is 2.00 bits per heavy atom. The van der Waals surface area contributed by atoms with Gasteiger partial charge in [0.25, 0.3) is 0 Å². The summed E-state index contributed by atoms with van der Waals surface area (Å²) in [5, 5.41) is 3.00. The first-order chi connectivity index (χ1) is 9.81. The minimum atomic E-state index is 0.164. The van der Waals surface area contributed by atoms with Crippen LogP contribution in [0.1, 0.15) is 19.3 Å². The SMILES string of the molecule is COCCCNC(=O)C1CCN(c2ccccc2)CC1. The van der Waals surface area contributed by atoms with Crippen molar-refractivity contribution >= 4 is 11.6 Å². The Morgan fingerprint density at radius 1 is 1.30 bits per heavy atom. The molecule has 1 heterocycles. The lowest BCUT2D eigenvalue weighted by atomic mass is 9.95. The van der Waals surface area contributed by atoms with E-state index in [-0.39, 0.29) is 11.8 Å². The molecule has 0 aromatic heterocycles. The van der Waals surface area contributed by atoms with Crippen LogP contribution in [0.15, 0.2) is 30.3 Å². The fourth-order valence-corrected chi connectivity index (χ4v) is 2.61. The third kappa shape index (κ3) is 4.23. The molecule has 0 saturated carbocycles. The third-order valence-electron chi connectivity index (χ3n) is 3.81. The molecule has 0 aliphatic carbocycles. The van der Waals surface area contributed by atoms with Crippen molar-refractivity contribution in [2.45, 2.75) is 19.3 Å². The summed E-state index contributed by atoms with van der Waals surface area (Å²) in [6.45, 7) is 3.33. The number of nitrogens with zero attached hydrogens (tertiary/aromatic N) is 1. The smallest absolute Gasteiger partial charge is 0.223 e. The molecule has 1 saturated heterocycles. The Hall–Kier alpha value is -1.55. The summed E-state index contributed by atoms with van der Waals surface area (Å²) in [5.74, 6) is 0.367. The second-order valence-corrected chi connectivity index (χ2v) is 5.23. The Kier molecular flexibility index (Phi) is 5.87. The Balaban J connectivity index is 1.72. The van der Waals surface area contributed by atoms with Crippen molar-refractivity contribution in [3.05, 3.63) is 30.3 Å². The van der Waals surface area contributed by atoms with Gasteiger partial charge in [0.15, 0.2) is 0 Å². The van der Waals surface area contributed by atoms with Crippen LogP contribution in [0.3, 0.4) is 0 Å². The average molecular weight is 276 g/mol. The summed E-state index contributed by atoms with van der Waals surface area (Å²) in [6.07, 6.45) is 2.75. The van der Waals surface area contributed by atoms with Crippen LogP contribution in [0.25, 0.3) is 0 Å². The molecule has 1 aliphatic rings. The summed E-state index contributed by atoms with van der Waals surface area (Å²) in [5.41, 5.74) is 1.26. The van der Waals surface area contributed by atoms with E-state index in [1.165, 1.54) is 5.69 Å². The van der Waals surface area contributed by atoms with E-state index in [0.29, 0.717) is 13.2 Å². The highest BCUT2D eigenvalue weighted by molar-refractivity contribution is 5.78. The first kappa shape index (κ1) is 14.9. The molecule has 0 spiro atoms. The fourth-order valence-electron chi connectivity index (χ4n) is 2.61. The zero-order valence-electron chi connectivity index (χ0n) is 12.2. The highest BCUT2D eigenvalue weighted by Gasteiger charge is 2.24. The van der Waals surface area contributed by atoms with Gasteiger partial charge in [0, 0.05) is 45.0 Å². The molecular formula is C16H24N2O2. The van der Waals surface area contributed by atoms with Gasteiger partial charge in [0.1, 0.15) is 0 Å². The summed E-state index contributed by atoms with van der Waals surface area (Å²) in [4.78, 5) is 14.4. The molecule has 0 atom stereocenters. The van der Waals surface area contributed by atoms with E-state index in [0.717, 1.165) is 32.4 Å². The fraction of sp³-hybridized carbons (Fsp3) is 0.562. The predicted molar refractivity (Wildman–Crippen MR) is 80.9 cm³/mol. The quantitative estimate of drug-likeness (QED) is 0.809. The third-order valence-corrected chi connectivity index (χ3v) is 3.81. The van der Waals surface area contributed by atoms with E-state index >= 15 is 0 Å². The maximum atomic E-state index is 12.0. The number of para-hydroxylation sites is 1. The van der Waals surface area contributed by atoms with Crippen molar-refractivity contribution < 1.29 is 9.53 Å². The average Bonchev–Trinajstić information content (AvgIpc) is 2.52. The molecule has 1 amide bonds. The topological polar surface area (TPSA) is 41.6 Å². The largest absolute Gasteiger partial charge is 0.385 e. The maximum absolute atomic E-state index is 12.0. The predicted octanol–water partition coefficient (Wildman–Crippen LogP) is 2.06. The van der Waals surface area contributed by atoms with Crippen LogP contribution < -0.4 is 10.2 Å². The van der Waals surface area contributed by atoms with E-state index in [1.807, 2.05) is 6.07 Å². The monoisotopic (exact) mass is 276 g/mol. The number of piperidine rings is 1. The number of amides is 1. The summed E-state index contributed by atoms with van der Waals surface area (Å²) < 4.78 is 4.97. The maximum Gasteiger partial charge on any atom is 0.223 e. The van der Waals surface area contributed by atoms with E-state index in [4.69, 9.17) is 4.74 Å². The lowest BCUT2D eigenvalue weighted by Gasteiger charge is -2.33. The number of benzene rings is 1. The van der Waals surface area contributed by atoms with E-state index in [9.17, 15) is 4.79 Å². The van der Waals surface area contributed by atoms with Gasteiger partial charge in [-0.1, -0.05) is 18.2 Å². The summed E-state index contributed by atoms with van der Waals surface area (Å²) in [7, 11) is 1.68. The van der Waals surface area contributed by atoms with E-state index in [2.05, 4.69) is 34.5 Å². The number of anilines is 1. The van der Waals surface area contributed by atoms with Crippen molar-refractivity contribution in [1.82, 2.24) is 5.32 Å². The van der Waals surface area contributed by atoms with Crippen LogP contribution in [0.5, 0.6) is 0 Å². The molecule has 0 unspecified atom stereocenters. The van der Waals surface area contributed by atoms with Crippen molar-refractivity contribution in [3.63, 3.8) is 0 Å². The number of hydrogen-bond acceptors (Lipinski definition) is 3. The van der Waals surface area contributed by atoms with Gasteiger partial charge in [-0.3, -0.25) is 4.79 Å². The highest BCUT2D eigenvalue weighted by Crippen LogP contribution is 2.22. The number of ether oxygens (including phenoxy) is 1. The zero-order valence-corrected chi connectivity index (χ0v) is 12.2. The summed E-state index contributed by atoms with van der Waals surface area (Å²) >= 11 is 0. The van der Waals surface area contributed by atoms with Gasteiger partial charge in [-0.2, -0.15) is 0 Å². The lowest BCUT2D eigenvalue weighted by molar-refractivity contribution is -0.125. The number of carbonyl (C=O) groups is 1. The van der Waals surface area contributed by atoms with Crippen LogP contribution >= 0.6 is 0 Å². The van der Waals surface area contributed by atoms with Gasteiger partial charge in [-0.05, 0) is 31.4 Å². The van der Waals surface area contributed by atoms with Crippen LogP contribution in [-0.2, 0) is 9.53 Å². The second kappa shape index (κ2) is 7.90. The van der Waals surface area contributed by atoms with Crippen LogP contribution in [0, 0.1) is 5.92 Å². The van der Waals surface area contributed by atoms with Gasteiger partial charge in [-0.15, -0.1) is 0 Å². The van der Waals surface area contributed by atoms with Crippen molar-refractivity contribution in [2.24, 2.45) is 5.92 Å². The first-order valence-electron chi connectivity index (χ1n) is 7.38. The van der Waals surface area contributed by atoms with Crippen molar-refractivity contribution in [3.8, 4) is 0 Å². The Labute approximate surface area is 121 Å². The molecule has 4 heteroatoms. The molecule has 1 aromatic rings. The lowest BCUT2D eigenvalue weighted by Crippen LogP contribution is -2.40.